The second kappa shape index (κ2) is 12.1. The van der Waals surface area contributed by atoms with Gasteiger partial charge in [0.05, 0.1) is 18.1 Å². The number of aromatic nitrogens is 2. The predicted octanol–water partition coefficient (Wildman–Crippen LogP) is 5.49. The van der Waals surface area contributed by atoms with Crippen LogP contribution in [0.3, 0.4) is 0 Å². The van der Waals surface area contributed by atoms with Gasteiger partial charge in [0.1, 0.15) is 12.4 Å². The van der Waals surface area contributed by atoms with Gasteiger partial charge in [-0.3, -0.25) is 4.79 Å². The van der Waals surface area contributed by atoms with Crippen LogP contribution in [-0.4, -0.2) is 68.2 Å². The number of nitrogens with one attached hydrogen (secondary N) is 1. The molecule has 1 aromatic heterocycles. The number of piperidine rings is 1. The molecule has 0 spiro atoms. The number of anilines is 2. The number of likely N-dealkylation sites (N-methyl/N-ethyl adjacent to an activating group) is 1. The molecule has 0 bridgehead atoms. The van der Waals surface area contributed by atoms with Gasteiger partial charge < -0.3 is 24.6 Å². The van der Waals surface area contributed by atoms with E-state index in [-0.39, 0.29) is 5.91 Å². The fourth-order valence-corrected chi connectivity index (χ4v) is 4.64. The highest BCUT2D eigenvalue weighted by Crippen LogP contribution is 2.30. The molecule has 4 aromatic rings. The Kier molecular flexibility index (Phi) is 8.22. The van der Waals surface area contributed by atoms with Crippen molar-refractivity contribution in [1.82, 2.24) is 14.9 Å². The Hall–Kier alpha value is -4.17. The van der Waals surface area contributed by atoms with Crippen molar-refractivity contribution in [3.05, 3.63) is 72.3 Å². The molecule has 1 saturated heterocycles. The zero-order valence-electron chi connectivity index (χ0n) is 22.8. The maximum Gasteiger partial charge on any atom is 0.258 e. The molecular weight excluding hydrogens is 490 g/mol. The third-order valence-electron chi connectivity index (χ3n) is 6.88. The van der Waals surface area contributed by atoms with Gasteiger partial charge >= 0.3 is 0 Å². The summed E-state index contributed by atoms with van der Waals surface area (Å²) in [5.41, 5.74) is 4.80. The number of fused-ring (bicyclic) bond motifs is 1. The summed E-state index contributed by atoms with van der Waals surface area (Å²) in [5.74, 6) is 1.98. The molecule has 202 valence electrons. The molecule has 1 aliphatic heterocycles. The summed E-state index contributed by atoms with van der Waals surface area (Å²) in [6.45, 7) is 3.21. The Balaban J connectivity index is 1.34. The van der Waals surface area contributed by atoms with Gasteiger partial charge in [0.15, 0.2) is 5.82 Å². The van der Waals surface area contributed by atoms with E-state index in [2.05, 4.69) is 15.1 Å². The fourth-order valence-electron chi connectivity index (χ4n) is 4.64. The minimum Gasteiger partial charge on any atom is -0.497 e. The number of methoxy groups -OCH3 is 1. The lowest BCUT2D eigenvalue weighted by Gasteiger charge is -2.29. The summed E-state index contributed by atoms with van der Waals surface area (Å²) in [6.07, 6.45) is 3.49. The molecule has 1 N–H and O–H groups in total. The van der Waals surface area contributed by atoms with Crippen molar-refractivity contribution in [2.24, 2.45) is 0 Å². The first kappa shape index (κ1) is 26.4. The van der Waals surface area contributed by atoms with Crippen LogP contribution in [-0.2, 0) is 0 Å². The van der Waals surface area contributed by atoms with Crippen LogP contribution in [0.25, 0.3) is 22.2 Å². The largest absolute Gasteiger partial charge is 0.497 e. The van der Waals surface area contributed by atoms with Gasteiger partial charge in [0, 0.05) is 30.9 Å². The number of carbonyl (C=O) groups excluding carboxylic acids is 1. The van der Waals surface area contributed by atoms with Gasteiger partial charge in [-0.1, -0.05) is 24.3 Å². The first-order valence-electron chi connectivity index (χ1n) is 13.4. The number of carbonyl (C=O) groups is 1. The molecule has 8 heteroatoms. The van der Waals surface area contributed by atoms with Crippen molar-refractivity contribution in [3.8, 4) is 22.8 Å². The minimum atomic E-state index is -0.177. The van der Waals surface area contributed by atoms with Crippen molar-refractivity contribution in [3.63, 3.8) is 0 Å². The van der Waals surface area contributed by atoms with Crippen LogP contribution in [0.15, 0.2) is 66.7 Å². The monoisotopic (exact) mass is 525 g/mol. The van der Waals surface area contributed by atoms with Gasteiger partial charge in [-0.25, -0.2) is 9.97 Å². The molecular formula is C31H35N5O3. The molecule has 39 heavy (non-hydrogen) atoms. The zero-order chi connectivity index (χ0) is 27.2. The third kappa shape index (κ3) is 6.46. The van der Waals surface area contributed by atoms with Gasteiger partial charge in [-0.2, -0.15) is 0 Å². The lowest BCUT2D eigenvalue weighted by Crippen LogP contribution is -2.31. The fraction of sp³-hybridized carbons (Fsp3) is 0.323. The number of nitrogens with zero attached hydrogens (tertiary/aromatic N) is 4. The Morgan fingerprint density at radius 2 is 1.59 bits per heavy atom. The first-order chi connectivity index (χ1) is 19.0. The Morgan fingerprint density at radius 3 is 2.26 bits per heavy atom. The van der Waals surface area contributed by atoms with E-state index in [0.29, 0.717) is 23.7 Å². The van der Waals surface area contributed by atoms with Gasteiger partial charge in [0.2, 0.25) is 0 Å². The van der Waals surface area contributed by atoms with Crippen LogP contribution >= 0.6 is 0 Å². The number of benzene rings is 3. The zero-order valence-corrected chi connectivity index (χ0v) is 22.8. The smallest absolute Gasteiger partial charge is 0.258 e. The molecule has 1 amide bonds. The molecule has 8 nitrogen and oxygen atoms in total. The Labute approximate surface area is 229 Å². The van der Waals surface area contributed by atoms with Crippen LogP contribution in [0.5, 0.6) is 11.6 Å². The topological polar surface area (TPSA) is 79.8 Å². The van der Waals surface area contributed by atoms with Crippen molar-refractivity contribution >= 4 is 28.4 Å². The second-order valence-corrected chi connectivity index (χ2v) is 10.0. The highest BCUT2D eigenvalue weighted by molar-refractivity contribution is 6.05. The van der Waals surface area contributed by atoms with Gasteiger partial charge in [-0.15, -0.1) is 0 Å². The Morgan fingerprint density at radius 1 is 0.897 bits per heavy atom. The molecule has 1 aliphatic rings. The molecule has 2 heterocycles. The number of rotatable bonds is 9. The Bertz CT molecular complexity index is 1420. The first-order valence-corrected chi connectivity index (χ1v) is 13.4. The number of amides is 1. The van der Waals surface area contributed by atoms with Crippen molar-refractivity contribution in [2.45, 2.75) is 19.3 Å². The van der Waals surface area contributed by atoms with Gasteiger partial charge in [-0.05, 0) is 86.9 Å². The second-order valence-electron chi connectivity index (χ2n) is 10.0. The molecule has 1 fully saturated rings. The van der Waals surface area contributed by atoms with Crippen molar-refractivity contribution < 1.29 is 14.3 Å². The van der Waals surface area contributed by atoms with Crippen LogP contribution in [0.4, 0.5) is 11.5 Å². The van der Waals surface area contributed by atoms with Crippen LogP contribution in [0.1, 0.15) is 29.6 Å². The normalized spacial score (nSPS) is 13.5. The maximum absolute atomic E-state index is 13.0. The van der Waals surface area contributed by atoms with E-state index in [1.807, 2.05) is 80.8 Å². The van der Waals surface area contributed by atoms with E-state index in [1.54, 1.807) is 7.11 Å². The van der Waals surface area contributed by atoms with E-state index in [0.717, 1.165) is 66.2 Å². The summed E-state index contributed by atoms with van der Waals surface area (Å²) < 4.78 is 11.3. The molecule has 0 aliphatic carbocycles. The van der Waals surface area contributed by atoms with Gasteiger partial charge in [0.25, 0.3) is 11.8 Å². The minimum absolute atomic E-state index is 0.177. The summed E-state index contributed by atoms with van der Waals surface area (Å²) >= 11 is 0. The third-order valence-corrected chi connectivity index (χ3v) is 6.88. The summed E-state index contributed by atoms with van der Waals surface area (Å²) in [7, 11) is 5.69. The standard InChI is InChI=1S/C31H35N5O3/c1-35(2)19-20-39-31-29(36-17-5-4-6-18-36)33-28-21-25(13-16-27(28)34-31)32-30(37)24-9-7-22(8-10-24)23-11-14-26(38-3)15-12-23/h7-16,21H,4-6,17-20H2,1-3H3,(H,32,37). The van der Waals surface area contributed by atoms with E-state index >= 15 is 0 Å². The average Bonchev–Trinajstić information content (AvgIpc) is 2.97. The number of hydrogen-bond donors (Lipinski definition) is 1. The quantitative estimate of drug-likeness (QED) is 0.310. The highest BCUT2D eigenvalue weighted by atomic mass is 16.5. The molecule has 0 radical (unpaired) electrons. The number of ether oxygens (including phenoxy) is 2. The van der Waals surface area contributed by atoms with Crippen LogP contribution in [0, 0.1) is 0 Å². The summed E-state index contributed by atoms with van der Waals surface area (Å²) in [6, 6.07) is 21.0. The van der Waals surface area contributed by atoms with Crippen LogP contribution in [0.2, 0.25) is 0 Å². The van der Waals surface area contributed by atoms with Crippen molar-refractivity contribution in [2.75, 3.05) is 57.7 Å². The molecule has 0 unspecified atom stereocenters. The lowest BCUT2D eigenvalue weighted by atomic mass is 10.0. The van der Waals surface area contributed by atoms with Crippen LogP contribution < -0.4 is 19.7 Å². The van der Waals surface area contributed by atoms with E-state index in [9.17, 15) is 4.79 Å². The molecule has 5 rings (SSSR count). The highest BCUT2D eigenvalue weighted by Gasteiger charge is 2.20. The SMILES string of the molecule is COc1ccc(-c2ccc(C(=O)Nc3ccc4nc(OCCN(C)C)c(N5CCCCC5)nc4c3)cc2)cc1. The van der Waals surface area contributed by atoms with E-state index < -0.39 is 0 Å². The maximum atomic E-state index is 13.0. The number of hydrogen-bond acceptors (Lipinski definition) is 7. The van der Waals surface area contributed by atoms with Crippen molar-refractivity contribution in [1.29, 1.82) is 0 Å². The van der Waals surface area contributed by atoms with E-state index in [1.165, 1.54) is 6.42 Å². The predicted molar refractivity (Wildman–Crippen MR) is 156 cm³/mol. The summed E-state index contributed by atoms with van der Waals surface area (Å²) in [4.78, 5) is 27.1. The molecule has 0 saturated carbocycles. The molecule has 0 atom stereocenters. The molecule has 3 aromatic carbocycles. The lowest BCUT2D eigenvalue weighted by molar-refractivity contribution is 0.102. The van der Waals surface area contributed by atoms with E-state index in [4.69, 9.17) is 19.4 Å². The average molecular weight is 526 g/mol. The summed E-state index contributed by atoms with van der Waals surface area (Å²) in [5, 5.41) is 3.01.